The minimum atomic E-state index is -0.221. The number of anilines is 1. The number of nitrogens with one attached hydrogen (secondary N) is 2. The molecule has 7 heteroatoms. The van der Waals surface area contributed by atoms with Gasteiger partial charge in [0.2, 0.25) is 11.8 Å². The monoisotopic (exact) mass is 431 g/mol. The Hall–Kier alpha value is -3.71. The fraction of sp³-hybridized carbons (Fsp3) is 0.125. The van der Waals surface area contributed by atoms with Crippen LogP contribution in [0.15, 0.2) is 65.1 Å². The number of hydrogen-bond acceptors (Lipinski definition) is 5. The van der Waals surface area contributed by atoms with Crippen LogP contribution in [-0.4, -0.2) is 21.1 Å². The first kappa shape index (κ1) is 20.6. The number of carbonyl (C=O) groups excluding carboxylic acids is 1. The number of aryl methyl sites for hydroxylation is 2. The lowest BCUT2D eigenvalue weighted by molar-refractivity contribution is -0.119. The highest BCUT2D eigenvalue weighted by Gasteiger charge is 2.15. The number of thiocarbonyl (C=S) groups is 1. The van der Waals surface area contributed by atoms with Gasteiger partial charge >= 0.3 is 0 Å². The summed E-state index contributed by atoms with van der Waals surface area (Å²) in [5.41, 5.74) is 5.43. The van der Waals surface area contributed by atoms with Crippen molar-refractivity contribution in [3.8, 4) is 17.2 Å². The van der Waals surface area contributed by atoms with Gasteiger partial charge in [0, 0.05) is 11.8 Å². The van der Waals surface area contributed by atoms with Crippen molar-refractivity contribution >= 4 is 40.0 Å². The van der Waals surface area contributed by atoms with Crippen molar-refractivity contribution in [3.05, 3.63) is 77.4 Å². The highest BCUT2D eigenvalue weighted by Crippen LogP contribution is 2.34. The summed E-state index contributed by atoms with van der Waals surface area (Å²) in [4.78, 5) is 16.7. The molecule has 0 aliphatic heterocycles. The number of aromatic nitrogens is 1. The molecule has 0 spiro atoms. The van der Waals surface area contributed by atoms with E-state index < -0.39 is 0 Å². The van der Waals surface area contributed by atoms with Gasteiger partial charge in [-0.05, 0) is 61.0 Å². The first-order chi connectivity index (χ1) is 14.9. The number of rotatable bonds is 4. The van der Waals surface area contributed by atoms with Gasteiger partial charge in [-0.2, -0.15) is 0 Å². The molecule has 3 aromatic carbocycles. The van der Waals surface area contributed by atoms with E-state index in [0.29, 0.717) is 22.7 Å². The van der Waals surface area contributed by atoms with Gasteiger partial charge < -0.3 is 20.2 Å². The van der Waals surface area contributed by atoms with Crippen molar-refractivity contribution in [2.24, 2.45) is 0 Å². The van der Waals surface area contributed by atoms with E-state index in [2.05, 4.69) is 15.6 Å². The fourth-order valence-electron chi connectivity index (χ4n) is 3.40. The summed E-state index contributed by atoms with van der Waals surface area (Å²) in [6.45, 7) is 3.96. The average molecular weight is 432 g/mol. The largest absolute Gasteiger partial charge is 0.507 e. The van der Waals surface area contributed by atoms with Gasteiger partial charge in [-0.15, -0.1) is 0 Å². The molecule has 1 amide bonds. The smallest absolute Gasteiger partial charge is 0.231 e. The third-order valence-electron chi connectivity index (χ3n) is 4.77. The second-order valence-corrected chi connectivity index (χ2v) is 7.75. The second-order valence-electron chi connectivity index (χ2n) is 7.35. The third kappa shape index (κ3) is 4.73. The lowest BCUT2D eigenvalue weighted by atomic mass is 10.1. The lowest BCUT2D eigenvalue weighted by Crippen LogP contribution is -2.35. The maximum atomic E-state index is 12.1. The SMILES string of the molecule is Cc1cc(C)c2oc(-c3ccc(NC(=S)NC(=O)Cc4ccccc4)cc3O)nc2c1. The maximum absolute atomic E-state index is 12.1. The molecule has 0 aliphatic carbocycles. The minimum absolute atomic E-state index is 0.00987. The van der Waals surface area contributed by atoms with Gasteiger partial charge in [0.1, 0.15) is 11.3 Å². The van der Waals surface area contributed by atoms with Crippen molar-refractivity contribution < 1.29 is 14.3 Å². The molecule has 4 rings (SSSR count). The quantitative estimate of drug-likeness (QED) is 0.400. The molecular weight excluding hydrogens is 410 g/mol. The van der Waals surface area contributed by atoms with Crippen molar-refractivity contribution in [1.82, 2.24) is 10.3 Å². The predicted molar refractivity (Wildman–Crippen MR) is 125 cm³/mol. The van der Waals surface area contributed by atoms with Crippen LogP contribution in [0.4, 0.5) is 5.69 Å². The van der Waals surface area contributed by atoms with E-state index in [1.54, 1.807) is 12.1 Å². The number of benzene rings is 3. The Labute approximate surface area is 184 Å². The predicted octanol–water partition coefficient (Wildman–Crippen LogP) is 4.87. The summed E-state index contributed by atoms with van der Waals surface area (Å²) in [6, 6.07) is 18.3. The molecule has 4 aromatic rings. The van der Waals surface area contributed by atoms with Gasteiger partial charge in [-0.25, -0.2) is 4.98 Å². The molecule has 1 aromatic heterocycles. The number of nitrogens with zero attached hydrogens (tertiary/aromatic N) is 1. The molecule has 6 nitrogen and oxygen atoms in total. The summed E-state index contributed by atoms with van der Waals surface area (Å²) in [6.07, 6.45) is 0.226. The zero-order valence-electron chi connectivity index (χ0n) is 17.1. The summed E-state index contributed by atoms with van der Waals surface area (Å²) >= 11 is 5.21. The number of oxazole rings is 1. The molecule has 0 saturated carbocycles. The van der Waals surface area contributed by atoms with E-state index in [0.717, 1.165) is 22.2 Å². The summed E-state index contributed by atoms with van der Waals surface area (Å²) in [5, 5.41) is 16.2. The molecule has 0 bridgehead atoms. The molecule has 0 aliphatic rings. The molecule has 0 unspecified atom stereocenters. The van der Waals surface area contributed by atoms with Crippen molar-refractivity contribution in [3.63, 3.8) is 0 Å². The standard InChI is InChI=1S/C24H21N3O3S/c1-14-10-15(2)22-19(11-14)26-23(30-22)18-9-8-17(13-20(18)28)25-24(31)27-21(29)12-16-6-4-3-5-7-16/h3-11,13,28H,12H2,1-2H3,(H2,25,27,29,31). The van der Waals surface area contributed by atoms with E-state index in [1.165, 1.54) is 6.07 Å². The van der Waals surface area contributed by atoms with Crippen LogP contribution in [0, 0.1) is 13.8 Å². The Balaban J connectivity index is 1.46. The molecule has 1 heterocycles. The van der Waals surface area contributed by atoms with Crippen LogP contribution in [0.25, 0.3) is 22.6 Å². The van der Waals surface area contributed by atoms with Crippen molar-refractivity contribution in [1.29, 1.82) is 0 Å². The molecule has 3 N–H and O–H groups in total. The maximum Gasteiger partial charge on any atom is 0.231 e. The van der Waals surface area contributed by atoms with Crippen molar-refractivity contribution in [2.75, 3.05) is 5.32 Å². The topological polar surface area (TPSA) is 87.4 Å². The molecule has 0 fully saturated rings. The van der Waals surface area contributed by atoms with Crippen LogP contribution in [0.1, 0.15) is 16.7 Å². The average Bonchev–Trinajstić information content (AvgIpc) is 3.12. The Morgan fingerprint density at radius 3 is 2.61 bits per heavy atom. The van der Waals surface area contributed by atoms with E-state index in [4.69, 9.17) is 16.6 Å². The zero-order chi connectivity index (χ0) is 22.0. The minimum Gasteiger partial charge on any atom is -0.507 e. The zero-order valence-corrected chi connectivity index (χ0v) is 17.9. The number of amides is 1. The van der Waals surface area contributed by atoms with Crippen LogP contribution in [0.5, 0.6) is 5.75 Å². The van der Waals surface area contributed by atoms with Gasteiger partial charge in [-0.3, -0.25) is 4.79 Å². The number of carbonyl (C=O) groups is 1. The molecule has 31 heavy (non-hydrogen) atoms. The second kappa shape index (κ2) is 8.57. The third-order valence-corrected chi connectivity index (χ3v) is 4.97. The highest BCUT2D eigenvalue weighted by atomic mass is 32.1. The molecule has 156 valence electrons. The normalized spacial score (nSPS) is 10.8. The number of fused-ring (bicyclic) bond motifs is 1. The fourth-order valence-corrected chi connectivity index (χ4v) is 3.63. The number of phenols is 1. The molecular formula is C24H21N3O3S. The number of aromatic hydroxyl groups is 1. The van der Waals surface area contributed by atoms with Gasteiger partial charge in [0.15, 0.2) is 10.7 Å². The van der Waals surface area contributed by atoms with Gasteiger partial charge in [0.05, 0.1) is 12.0 Å². The van der Waals surface area contributed by atoms with Crippen LogP contribution in [-0.2, 0) is 11.2 Å². The van der Waals surface area contributed by atoms with Crippen LogP contribution in [0.2, 0.25) is 0 Å². The Bertz CT molecular complexity index is 1280. The van der Waals surface area contributed by atoms with Gasteiger partial charge in [-0.1, -0.05) is 36.4 Å². The summed E-state index contributed by atoms with van der Waals surface area (Å²) < 4.78 is 5.88. The lowest BCUT2D eigenvalue weighted by Gasteiger charge is -2.11. The Morgan fingerprint density at radius 1 is 1.10 bits per heavy atom. The number of phenolic OH excluding ortho intramolecular Hbond substituents is 1. The first-order valence-corrected chi connectivity index (χ1v) is 10.2. The Morgan fingerprint density at radius 2 is 1.87 bits per heavy atom. The Kier molecular flexibility index (Phi) is 5.68. The van der Waals surface area contributed by atoms with E-state index in [9.17, 15) is 9.90 Å². The molecule has 0 atom stereocenters. The highest BCUT2D eigenvalue weighted by molar-refractivity contribution is 7.80. The van der Waals surface area contributed by atoms with E-state index in [-0.39, 0.29) is 23.2 Å². The van der Waals surface area contributed by atoms with Gasteiger partial charge in [0.25, 0.3) is 0 Å². The van der Waals surface area contributed by atoms with Crippen LogP contribution >= 0.6 is 12.2 Å². The summed E-state index contributed by atoms with van der Waals surface area (Å²) in [5.74, 6) is 0.109. The number of hydrogen-bond donors (Lipinski definition) is 3. The van der Waals surface area contributed by atoms with Crippen LogP contribution in [0.3, 0.4) is 0 Å². The summed E-state index contributed by atoms with van der Waals surface area (Å²) in [7, 11) is 0. The van der Waals surface area contributed by atoms with E-state index in [1.807, 2.05) is 56.3 Å². The van der Waals surface area contributed by atoms with Crippen LogP contribution < -0.4 is 10.6 Å². The molecule has 0 saturated heterocycles. The van der Waals surface area contributed by atoms with Crippen molar-refractivity contribution in [2.45, 2.75) is 20.3 Å². The molecule has 0 radical (unpaired) electrons. The first-order valence-electron chi connectivity index (χ1n) is 9.75. The van der Waals surface area contributed by atoms with E-state index >= 15 is 0 Å².